The van der Waals surface area contributed by atoms with Crippen LogP contribution in [0.4, 0.5) is 9.59 Å². The van der Waals surface area contributed by atoms with E-state index in [2.05, 4.69) is 21.8 Å². The Kier molecular flexibility index (Phi) is 9.07. The van der Waals surface area contributed by atoms with Crippen molar-refractivity contribution in [3.05, 3.63) is 83.7 Å². The van der Waals surface area contributed by atoms with Gasteiger partial charge in [0.2, 0.25) is 0 Å². The topological polar surface area (TPSA) is 203 Å². The summed E-state index contributed by atoms with van der Waals surface area (Å²) in [6, 6.07) is 15.8. The lowest BCUT2D eigenvalue weighted by atomic mass is 9.60. The van der Waals surface area contributed by atoms with E-state index in [4.69, 9.17) is 30.9 Å². The number of carbonyl (C=O) groups excluding carboxylic acids is 4. The Hall–Kier alpha value is -6.10. The van der Waals surface area contributed by atoms with Crippen LogP contribution in [0.5, 0.6) is 0 Å². The van der Waals surface area contributed by atoms with Crippen molar-refractivity contribution in [3.63, 3.8) is 0 Å². The summed E-state index contributed by atoms with van der Waals surface area (Å²) < 4.78 is 11.0. The average molecular weight is 811 g/mol. The molecule has 310 valence electrons. The summed E-state index contributed by atoms with van der Waals surface area (Å²) >= 11 is 0. The summed E-state index contributed by atoms with van der Waals surface area (Å²) in [7, 11) is 0. The molecule has 0 bridgehead atoms. The van der Waals surface area contributed by atoms with Gasteiger partial charge in [0.15, 0.2) is 11.7 Å². The number of ether oxygens (including phenoxy) is 2. The summed E-state index contributed by atoms with van der Waals surface area (Å²) in [4.78, 5) is 72.0. The highest BCUT2D eigenvalue weighted by molar-refractivity contribution is 5.89. The minimum Gasteiger partial charge on any atom is -0.436 e. The third-order valence-electron chi connectivity index (χ3n) is 14.6. The molecule has 4 heterocycles. The molecule has 0 spiro atoms. The van der Waals surface area contributed by atoms with E-state index in [-0.39, 0.29) is 41.9 Å². The van der Waals surface area contributed by atoms with Crippen LogP contribution < -0.4 is 11.5 Å². The molecule has 4 aliphatic carbocycles. The van der Waals surface area contributed by atoms with Crippen LogP contribution in [-0.2, 0) is 19.1 Å². The number of nitrogens with zero attached hydrogens (tertiary/aromatic N) is 4. The largest absolute Gasteiger partial charge is 0.436 e. The summed E-state index contributed by atoms with van der Waals surface area (Å²) in [5, 5.41) is 0. The van der Waals surface area contributed by atoms with Crippen LogP contribution in [0.1, 0.15) is 113 Å². The number of primary amides is 2. The maximum atomic E-state index is 14.3. The number of amides is 4. The maximum Gasteiger partial charge on any atom is 0.405 e. The van der Waals surface area contributed by atoms with Gasteiger partial charge in [0.1, 0.15) is 11.6 Å². The normalized spacial score (nSPS) is 27.2. The highest BCUT2D eigenvalue weighted by Crippen LogP contribution is 2.58. The maximum absolute atomic E-state index is 14.3. The van der Waals surface area contributed by atoms with Crippen LogP contribution in [0.15, 0.2) is 60.9 Å². The number of H-pyrrole nitrogens is 2. The zero-order chi connectivity index (χ0) is 41.5. The summed E-state index contributed by atoms with van der Waals surface area (Å²) in [5.74, 6) is 8.50. The first kappa shape index (κ1) is 38.1. The molecule has 14 heteroatoms. The molecular formula is C46H50N8O6. The Morgan fingerprint density at radius 1 is 0.767 bits per heavy atom. The second-order valence-electron chi connectivity index (χ2n) is 18.3. The van der Waals surface area contributed by atoms with Crippen molar-refractivity contribution in [2.45, 2.75) is 114 Å². The molecule has 6 aliphatic rings. The van der Waals surface area contributed by atoms with Crippen molar-refractivity contribution in [2.24, 2.45) is 34.6 Å². The SMILES string of the molecule is CC1([C@@](C)(OC(N)=O)C(=O)N2C3C[C@@H]3C[C@H]2c2ncc(-c3ccc(C#Cc4ccc(-c5cnc([C@@H]6C[C@H]7CC7N6C(=O)[C@H](OC(N)=O)C6CCC6)[nH]5)cc4)cc3)[nH]2)CCC1. The first-order chi connectivity index (χ1) is 28.9. The van der Waals surface area contributed by atoms with Crippen molar-refractivity contribution >= 4 is 24.0 Å². The molecule has 2 unspecified atom stereocenters. The summed E-state index contributed by atoms with van der Waals surface area (Å²) in [6.07, 6.45) is 9.79. The number of hydrogen-bond acceptors (Lipinski definition) is 8. The number of nitrogens with two attached hydrogens (primary N) is 2. The van der Waals surface area contributed by atoms with E-state index in [9.17, 15) is 19.2 Å². The molecule has 4 amide bonds. The standard InChI is InChI=1S/C46H50N8O6/c1-45(17-4-18-45)46(2,60-44(48)58)42(56)54-35-20-31(35)22-37(54)40-50-24-33(52-40)28-15-11-26(12-16-28)8-7-25-9-13-27(14-10-25)32-23-49-39(51-32)36-21-30-19-34(30)53(36)41(55)38(59-43(47)57)29-5-3-6-29/h9-16,23-24,29-31,34-38H,3-6,17-22H2,1-2H3,(H2,47,57)(H2,48,58)(H,49,51)(H,50,52)/t30-,31-,34?,35?,36+,37+,38-,46+/m1/s1. The van der Waals surface area contributed by atoms with E-state index in [0.29, 0.717) is 11.8 Å². The number of likely N-dealkylation sites (tertiary alicyclic amines) is 2. The second kappa shape index (κ2) is 14.3. The van der Waals surface area contributed by atoms with E-state index in [1.165, 1.54) is 0 Å². The van der Waals surface area contributed by atoms with Crippen molar-refractivity contribution < 1.29 is 28.7 Å². The monoisotopic (exact) mass is 810 g/mol. The average Bonchev–Trinajstić information content (AvgIpc) is 3.79. The third-order valence-corrected chi connectivity index (χ3v) is 14.6. The number of nitrogens with one attached hydrogen (secondary N) is 2. The molecule has 10 rings (SSSR count). The van der Waals surface area contributed by atoms with Gasteiger partial charge in [0, 0.05) is 34.5 Å². The molecule has 2 aliphatic heterocycles. The number of aromatic amines is 2. The minimum absolute atomic E-state index is 0.0176. The molecular weight excluding hydrogens is 761 g/mol. The molecule has 6 fully saturated rings. The van der Waals surface area contributed by atoms with Gasteiger partial charge < -0.3 is 40.7 Å². The fourth-order valence-corrected chi connectivity index (χ4v) is 10.3. The van der Waals surface area contributed by atoms with Gasteiger partial charge in [0.05, 0.1) is 35.9 Å². The van der Waals surface area contributed by atoms with Crippen LogP contribution in [0, 0.1) is 35.0 Å². The zero-order valence-electron chi connectivity index (χ0n) is 33.9. The van der Waals surface area contributed by atoms with Gasteiger partial charge in [-0.3, -0.25) is 9.59 Å². The van der Waals surface area contributed by atoms with E-state index >= 15 is 0 Å². The number of benzene rings is 2. The summed E-state index contributed by atoms with van der Waals surface area (Å²) in [5.41, 5.74) is 14.4. The highest BCUT2D eigenvalue weighted by atomic mass is 16.6. The number of imidazole rings is 2. The van der Waals surface area contributed by atoms with Gasteiger partial charge in [0.25, 0.3) is 11.8 Å². The molecule has 2 aromatic heterocycles. The quantitative estimate of drug-likeness (QED) is 0.130. The summed E-state index contributed by atoms with van der Waals surface area (Å²) in [6.45, 7) is 3.74. The predicted octanol–water partition coefficient (Wildman–Crippen LogP) is 6.50. The first-order valence-corrected chi connectivity index (χ1v) is 21.3. The van der Waals surface area contributed by atoms with Crippen LogP contribution in [0.25, 0.3) is 22.5 Å². The Morgan fingerprint density at radius 2 is 1.28 bits per heavy atom. The van der Waals surface area contributed by atoms with Crippen molar-refractivity contribution in [1.82, 2.24) is 29.7 Å². The molecule has 6 N–H and O–H groups in total. The Balaban J connectivity index is 0.790. The fraction of sp³-hybridized carbons (Fsp3) is 0.478. The molecule has 2 saturated heterocycles. The minimum atomic E-state index is -1.33. The van der Waals surface area contributed by atoms with Gasteiger partial charge in [-0.25, -0.2) is 19.6 Å². The lowest BCUT2D eigenvalue weighted by Crippen LogP contribution is -2.62. The number of fused-ring (bicyclic) bond motifs is 2. The van der Waals surface area contributed by atoms with E-state index < -0.39 is 29.3 Å². The number of carbonyl (C=O) groups is 4. The van der Waals surface area contributed by atoms with E-state index in [0.717, 1.165) is 109 Å². The molecule has 2 aromatic carbocycles. The molecule has 14 nitrogen and oxygen atoms in total. The third kappa shape index (κ3) is 6.58. The van der Waals surface area contributed by atoms with Gasteiger partial charge in [-0.2, -0.15) is 0 Å². The van der Waals surface area contributed by atoms with E-state index in [1.807, 2.05) is 65.3 Å². The molecule has 0 radical (unpaired) electrons. The number of aromatic nitrogens is 4. The lowest BCUT2D eigenvalue weighted by molar-refractivity contribution is -0.174. The smallest absolute Gasteiger partial charge is 0.405 e. The zero-order valence-corrected chi connectivity index (χ0v) is 33.9. The van der Waals surface area contributed by atoms with Crippen molar-refractivity contribution in [3.8, 4) is 34.4 Å². The predicted molar refractivity (Wildman–Crippen MR) is 219 cm³/mol. The number of hydrogen-bond donors (Lipinski definition) is 4. The Morgan fingerprint density at radius 3 is 1.73 bits per heavy atom. The highest BCUT2D eigenvalue weighted by Gasteiger charge is 2.64. The van der Waals surface area contributed by atoms with Gasteiger partial charge >= 0.3 is 12.2 Å². The van der Waals surface area contributed by atoms with Crippen molar-refractivity contribution in [2.75, 3.05) is 0 Å². The van der Waals surface area contributed by atoms with Crippen LogP contribution in [0.2, 0.25) is 0 Å². The number of rotatable bonds is 10. The first-order valence-electron chi connectivity index (χ1n) is 21.3. The van der Waals surface area contributed by atoms with Crippen LogP contribution >= 0.6 is 0 Å². The lowest BCUT2D eigenvalue weighted by Gasteiger charge is -2.51. The van der Waals surface area contributed by atoms with Gasteiger partial charge in [-0.05, 0) is 106 Å². The van der Waals surface area contributed by atoms with Crippen LogP contribution in [0.3, 0.4) is 0 Å². The molecule has 4 saturated carbocycles. The fourth-order valence-electron chi connectivity index (χ4n) is 10.3. The Bertz CT molecular complexity index is 2420. The molecule has 60 heavy (non-hydrogen) atoms. The van der Waals surface area contributed by atoms with Crippen molar-refractivity contribution in [1.29, 1.82) is 0 Å². The molecule has 8 atom stereocenters. The van der Waals surface area contributed by atoms with Gasteiger partial charge in [-0.15, -0.1) is 0 Å². The number of piperidine rings is 2. The molecule has 4 aromatic rings. The van der Waals surface area contributed by atoms with E-state index in [1.54, 1.807) is 19.3 Å². The second-order valence-corrected chi connectivity index (χ2v) is 18.3. The van der Waals surface area contributed by atoms with Crippen LogP contribution in [-0.4, -0.2) is 77.5 Å². The van der Waals surface area contributed by atoms with Gasteiger partial charge in [-0.1, -0.05) is 55.9 Å². The Labute approximate surface area is 348 Å².